The van der Waals surface area contributed by atoms with E-state index >= 15 is 0 Å². The summed E-state index contributed by atoms with van der Waals surface area (Å²) < 4.78 is 0. The quantitative estimate of drug-likeness (QED) is 0.897. The minimum Gasteiger partial charge on any atom is -0.480 e. The van der Waals surface area contributed by atoms with Crippen molar-refractivity contribution < 1.29 is 9.90 Å². The van der Waals surface area contributed by atoms with Crippen molar-refractivity contribution in [3.8, 4) is 11.1 Å². The summed E-state index contributed by atoms with van der Waals surface area (Å²) in [4.78, 5) is 10.7. The molecule has 0 aliphatic carbocycles. The highest BCUT2D eigenvalue weighted by Crippen LogP contribution is 2.22. The fourth-order valence-electron chi connectivity index (χ4n) is 2.10. The van der Waals surface area contributed by atoms with Crippen LogP contribution in [0.15, 0.2) is 42.5 Å². The van der Waals surface area contributed by atoms with Crippen LogP contribution >= 0.6 is 0 Å². The van der Waals surface area contributed by atoms with Crippen LogP contribution in [0.4, 0.5) is 0 Å². The van der Waals surface area contributed by atoms with Crippen molar-refractivity contribution in [2.75, 3.05) is 0 Å². The second-order valence-electron chi connectivity index (χ2n) is 5.14. The maximum atomic E-state index is 10.7. The van der Waals surface area contributed by atoms with Gasteiger partial charge in [0.2, 0.25) is 0 Å². The predicted octanol–water partition coefficient (Wildman–Crippen LogP) is 2.92. The molecule has 1 atom stereocenters. The summed E-state index contributed by atoms with van der Waals surface area (Å²) in [6.45, 7) is 4.19. The van der Waals surface area contributed by atoms with E-state index in [2.05, 4.69) is 32.0 Å². The number of aryl methyl sites for hydroxylation is 2. The molecule has 2 rings (SSSR count). The van der Waals surface area contributed by atoms with Gasteiger partial charge in [-0.3, -0.25) is 4.79 Å². The Hall–Kier alpha value is -2.13. The Balaban J connectivity index is 2.19. The van der Waals surface area contributed by atoms with Gasteiger partial charge in [0.05, 0.1) is 0 Å². The van der Waals surface area contributed by atoms with Gasteiger partial charge in [0.15, 0.2) is 0 Å². The molecule has 104 valence electrons. The molecule has 0 saturated heterocycles. The molecule has 3 heteroatoms. The average Bonchev–Trinajstić information content (AvgIpc) is 2.42. The predicted molar refractivity (Wildman–Crippen MR) is 80.7 cm³/mol. The van der Waals surface area contributed by atoms with Crippen LogP contribution in [-0.2, 0) is 11.2 Å². The summed E-state index contributed by atoms with van der Waals surface area (Å²) in [5, 5.41) is 8.81. The van der Waals surface area contributed by atoms with Crippen LogP contribution in [0.3, 0.4) is 0 Å². The Bertz CT molecular complexity index is 617. The molecule has 0 radical (unpaired) electrons. The number of carboxylic acids is 1. The normalized spacial score (nSPS) is 12.2. The zero-order chi connectivity index (χ0) is 14.7. The second-order valence-corrected chi connectivity index (χ2v) is 5.14. The summed E-state index contributed by atoms with van der Waals surface area (Å²) in [6, 6.07) is 13.4. The van der Waals surface area contributed by atoms with E-state index in [9.17, 15) is 4.79 Å². The van der Waals surface area contributed by atoms with Crippen molar-refractivity contribution in [2.45, 2.75) is 26.3 Å². The second kappa shape index (κ2) is 5.88. The van der Waals surface area contributed by atoms with E-state index in [0.29, 0.717) is 6.42 Å². The van der Waals surface area contributed by atoms with Gasteiger partial charge in [-0.15, -0.1) is 0 Å². The number of carbonyl (C=O) groups is 1. The first-order chi connectivity index (χ1) is 9.47. The average molecular weight is 269 g/mol. The fraction of sp³-hybridized carbons (Fsp3) is 0.235. The number of benzene rings is 2. The zero-order valence-corrected chi connectivity index (χ0v) is 11.8. The lowest BCUT2D eigenvalue weighted by Crippen LogP contribution is -2.32. The summed E-state index contributed by atoms with van der Waals surface area (Å²) in [7, 11) is 0. The van der Waals surface area contributed by atoms with Crippen LogP contribution in [0.25, 0.3) is 11.1 Å². The zero-order valence-electron chi connectivity index (χ0n) is 11.8. The van der Waals surface area contributed by atoms with E-state index in [1.165, 1.54) is 16.7 Å². The molecule has 0 aliphatic heterocycles. The third kappa shape index (κ3) is 3.25. The molecule has 3 nitrogen and oxygen atoms in total. The van der Waals surface area contributed by atoms with Gasteiger partial charge in [-0.25, -0.2) is 0 Å². The molecule has 2 aromatic rings. The van der Waals surface area contributed by atoms with Crippen molar-refractivity contribution in [2.24, 2.45) is 5.73 Å². The highest BCUT2D eigenvalue weighted by molar-refractivity contribution is 5.73. The highest BCUT2D eigenvalue weighted by atomic mass is 16.4. The number of aliphatic carboxylic acids is 1. The van der Waals surface area contributed by atoms with Gasteiger partial charge in [0, 0.05) is 0 Å². The molecule has 0 fully saturated rings. The van der Waals surface area contributed by atoms with Gasteiger partial charge < -0.3 is 10.8 Å². The molecule has 0 amide bonds. The molecule has 0 saturated carbocycles. The first kappa shape index (κ1) is 14.3. The Morgan fingerprint density at radius 2 is 1.65 bits per heavy atom. The maximum Gasteiger partial charge on any atom is 0.320 e. The van der Waals surface area contributed by atoms with E-state index in [-0.39, 0.29) is 0 Å². The number of carboxylic acid groups (broad SMARTS) is 1. The Labute approximate surface area is 119 Å². The molecule has 0 aliphatic rings. The van der Waals surface area contributed by atoms with Gasteiger partial charge in [0.25, 0.3) is 0 Å². The Kier molecular flexibility index (Phi) is 4.20. The lowest BCUT2D eigenvalue weighted by molar-refractivity contribution is -0.138. The van der Waals surface area contributed by atoms with E-state index in [1.54, 1.807) is 0 Å². The molecule has 0 bridgehead atoms. The van der Waals surface area contributed by atoms with Crippen molar-refractivity contribution >= 4 is 5.97 Å². The van der Waals surface area contributed by atoms with Crippen molar-refractivity contribution in [3.63, 3.8) is 0 Å². The minimum atomic E-state index is -0.969. The molecule has 0 spiro atoms. The van der Waals surface area contributed by atoms with Gasteiger partial charge in [-0.2, -0.15) is 0 Å². The lowest BCUT2D eigenvalue weighted by Gasteiger charge is -2.09. The van der Waals surface area contributed by atoms with Crippen LogP contribution < -0.4 is 5.73 Å². The van der Waals surface area contributed by atoms with Crippen LogP contribution in [-0.4, -0.2) is 17.1 Å². The molecular weight excluding hydrogens is 250 g/mol. The molecule has 3 N–H and O–H groups in total. The number of hydrogen-bond donors (Lipinski definition) is 2. The molecule has 1 unspecified atom stereocenters. The molecular formula is C17H19NO2. The van der Waals surface area contributed by atoms with Gasteiger partial charge in [-0.1, -0.05) is 42.5 Å². The van der Waals surface area contributed by atoms with Crippen LogP contribution in [0.1, 0.15) is 16.7 Å². The van der Waals surface area contributed by atoms with Crippen LogP contribution in [0.5, 0.6) is 0 Å². The molecule has 0 heterocycles. The van der Waals surface area contributed by atoms with Gasteiger partial charge >= 0.3 is 5.97 Å². The van der Waals surface area contributed by atoms with E-state index in [1.807, 2.05) is 24.3 Å². The van der Waals surface area contributed by atoms with Crippen molar-refractivity contribution in [1.29, 1.82) is 0 Å². The van der Waals surface area contributed by atoms with Crippen molar-refractivity contribution in [1.82, 2.24) is 0 Å². The van der Waals surface area contributed by atoms with E-state index < -0.39 is 12.0 Å². The topological polar surface area (TPSA) is 63.3 Å². The number of hydrogen-bond acceptors (Lipinski definition) is 2. The molecule has 2 aromatic carbocycles. The highest BCUT2D eigenvalue weighted by Gasteiger charge is 2.11. The number of nitrogens with two attached hydrogens (primary N) is 1. The lowest BCUT2D eigenvalue weighted by atomic mass is 9.98. The number of rotatable bonds is 4. The van der Waals surface area contributed by atoms with E-state index in [4.69, 9.17) is 10.8 Å². The smallest absolute Gasteiger partial charge is 0.320 e. The Morgan fingerprint density at radius 1 is 1.05 bits per heavy atom. The first-order valence-corrected chi connectivity index (χ1v) is 6.62. The summed E-state index contributed by atoms with van der Waals surface area (Å²) in [5.41, 5.74) is 11.3. The Morgan fingerprint density at radius 3 is 2.20 bits per heavy atom. The van der Waals surface area contributed by atoms with Crippen LogP contribution in [0.2, 0.25) is 0 Å². The summed E-state index contributed by atoms with van der Waals surface area (Å²) >= 11 is 0. The molecule has 0 aromatic heterocycles. The SMILES string of the molecule is Cc1ccc(-c2ccc(CC(N)C(=O)O)cc2)cc1C. The fourth-order valence-corrected chi connectivity index (χ4v) is 2.10. The monoisotopic (exact) mass is 269 g/mol. The van der Waals surface area contributed by atoms with Crippen molar-refractivity contribution in [3.05, 3.63) is 59.2 Å². The maximum absolute atomic E-state index is 10.7. The largest absolute Gasteiger partial charge is 0.480 e. The standard InChI is InChI=1S/C17H19NO2/c1-11-3-6-15(9-12(11)2)14-7-4-13(5-8-14)10-16(18)17(19)20/h3-9,16H,10,18H2,1-2H3,(H,19,20). The first-order valence-electron chi connectivity index (χ1n) is 6.62. The molecule has 20 heavy (non-hydrogen) atoms. The van der Waals surface area contributed by atoms with Crippen LogP contribution in [0, 0.1) is 13.8 Å². The van der Waals surface area contributed by atoms with Gasteiger partial charge in [0.1, 0.15) is 6.04 Å². The minimum absolute atomic E-state index is 0.350. The summed E-state index contributed by atoms with van der Waals surface area (Å²) in [6.07, 6.45) is 0.350. The van der Waals surface area contributed by atoms with Gasteiger partial charge in [-0.05, 0) is 48.1 Å². The third-order valence-electron chi connectivity index (χ3n) is 3.57. The summed E-state index contributed by atoms with van der Waals surface area (Å²) in [5.74, 6) is -0.969. The van der Waals surface area contributed by atoms with E-state index in [0.717, 1.165) is 11.1 Å². The third-order valence-corrected chi connectivity index (χ3v) is 3.57.